The van der Waals surface area contributed by atoms with Gasteiger partial charge in [0.15, 0.2) is 0 Å². The minimum atomic E-state index is 0.768. The largest absolute Gasteiger partial charge is 0.383 e. The standard InChI is InChI=1S/C15H33NO2/c1-4-6-9-15(5-2)14-18-12-8-7-10-16-11-13-17-3/h15-16H,4-14H2,1-3H3. The van der Waals surface area contributed by atoms with E-state index >= 15 is 0 Å². The lowest BCUT2D eigenvalue weighted by atomic mass is 10.0. The second-order valence-electron chi connectivity index (χ2n) is 4.94. The summed E-state index contributed by atoms with van der Waals surface area (Å²) in [4.78, 5) is 0. The molecule has 1 N–H and O–H groups in total. The zero-order chi connectivity index (χ0) is 13.5. The number of rotatable bonds is 14. The van der Waals surface area contributed by atoms with Crippen molar-refractivity contribution >= 4 is 0 Å². The zero-order valence-corrected chi connectivity index (χ0v) is 12.7. The van der Waals surface area contributed by atoms with Gasteiger partial charge in [0.25, 0.3) is 0 Å². The van der Waals surface area contributed by atoms with Gasteiger partial charge in [-0.05, 0) is 31.7 Å². The number of unbranched alkanes of at least 4 members (excludes halogenated alkanes) is 2. The molecule has 0 rings (SSSR count). The molecule has 18 heavy (non-hydrogen) atoms. The molecule has 110 valence electrons. The smallest absolute Gasteiger partial charge is 0.0587 e. The van der Waals surface area contributed by atoms with Gasteiger partial charge in [0.1, 0.15) is 0 Å². The highest BCUT2D eigenvalue weighted by molar-refractivity contribution is 4.56. The minimum Gasteiger partial charge on any atom is -0.383 e. The molecule has 0 aliphatic rings. The maximum absolute atomic E-state index is 5.76. The molecule has 3 nitrogen and oxygen atoms in total. The second kappa shape index (κ2) is 14.9. The van der Waals surface area contributed by atoms with E-state index in [0.717, 1.165) is 45.2 Å². The fourth-order valence-electron chi connectivity index (χ4n) is 1.90. The van der Waals surface area contributed by atoms with Crippen LogP contribution in [0.15, 0.2) is 0 Å². The summed E-state index contributed by atoms with van der Waals surface area (Å²) in [7, 11) is 1.73. The third-order valence-electron chi connectivity index (χ3n) is 3.27. The second-order valence-corrected chi connectivity index (χ2v) is 4.94. The van der Waals surface area contributed by atoms with Crippen molar-refractivity contribution in [2.75, 3.05) is 40.0 Å². The van der Waals surface area contributed by atoms with Gasteiger partial charge in [0.2, 0.25) is 0 Å². The number of hydrogen-bond acceptors (Lipinski definition) is 3. The van der Waals surface area contributed by atoms with Crippen LogP contribution in [0, 0.1) is 5.92 Å². The summed E-state index contributed by atoms with van der Waals surface area (Å²) in [5.74, 6) is 0.768. The first kappa shape index (κ1) is 17.9. The normalized spacial score (nSPS) is 12.8. The molecule has 3 heteroatoms. The lowest BCUT2D eigenvalue weighted by molar-refractivity contribution is 0.0911. The predicted molar refractivity (Wildman–Crippen MR) is 78.1 cm³/mol. The molecular formula is C15H33NO2. The lowest BCUT2D eigenvalue weighted by Gasteiger charge is -2.14. The molecular weight excluding hydrogens is 226 g/mol. The molecule has 0 spiro atoms. The summed E-state index contributed by atoms with van der Waals surface area (Å²) in [5, 5.41) is 3.34. The number of methoxy groups -OCH3 is 1. The molecule has 0 aliphatic heterocycles. The molecule has 0 bridgehead atoms. The van der Waals surface area contributed by atoms with E-state index in [1.165, 1.54) is 32.1 Å². The van der Waals surface area contributed by atoms with Crippen molar-refractivity contribution in [3.63, 3.8) is 0 Å². The Hall–Kier alpha value is -0.120. The summed E-state index contributed by atoms with van der Waals surface area (Å²) < 4.78 is 10.7. The van der Waals surface area contributed by atoms with Crippen molar-refractivity contribution in [2.24, 2.45) is 5.92 Å². The van der Waals surface area contributed by atoms with Gasteiger partial charge in [-0.3, -0.25) is 0 Å². The molecule has 0 aromatic carbocycles. The number of hydrogen-bond donors (Lipinski definition) is 1. The molecule has 0 aliphatic carbocycles. The van der Waals surface area contributed by atoms with E-state index in [9.17, 15) is 0 Å². The highest BCUT2D eigenvalue weighted by atomic mass is 16.5. The fraction of sp³-hybridized carbons (Fsp3) is 1.00. The van der Waals surface area contributed by atoms with Gasteiger partial charge in [-0.15, -0.1) is 0 Å². The average Bonchev–Trinajstić information content (AvgIpc) is 2.40. The van der Waals surface area contributed by atoms with Gasteiger partial charge in [0.05, 0.1) is 6.61 Å². The Kier molecular flexibility index (Phi) is 14.8. The summed E-state index contributed by atoms with van der Waals surface area (Å²) in [6, 6.07) is 0. The molecule has 0 radical (unpaired) electrons. The Morgan fingerprint density at radius 3 is 2.50 bits per heavy atom. The van der Waals surface area contributed by atoms with Crippen LogP contribution >= 0.6 is 0 Å². The van der Waals surface area contributed by atoms with Crippen molar-refractivity contribution in [1.29, 1.82) is 0 Å². The Morgan fingerprint density at radius 1 is 1.00 bits per heavy atom. The van der Waals surface area contributed by atoms with Gasteiger partial charge in [-0.2, -0.15) is 0 Å². The van der Waals surface area contributed by atoms with Crippen molar-refractivity contribution in [3.05, 3.63) is 0 Å². The van der Waals surface area contributed by atoms with Crippen molar-refractivity contribution in [3.8, 4) is 0 Å². The van der Waals surface area contributed by atoms with Gasteiger partial charge >= 0.3 is 0 Å². The van der Waals surface area contributed by atoms with Gasteiger partial charge < -0.3 is 14.8 Å². The van der Waals surface area contributed by atoms with Crippen LogP contribution in [0.2, 0.25) is 0 Å². The van der Waals surface area contributed by atoms with E-state index < -0.39 is 0 Å². The first-order valence-electron chi connectivity index (χ1n) is 7.62. The van der Waals surface area contributed by atoms with E-state index in [2.05, 4.69) is 19.2 Å². The van der Waals surface area contributed by atoms with Crippen LogP contribution in [0.25, 0.3) is 0 Å². The summed E-state index contributed by atoms with van der Waals surface area (Å²) in [6.07, 6.45) is 7.55. The third-order valence-corrected chi connectivity index (χ3v) is 3.27. The Morgan fingerprint density at radius 2 is 1.83 bits per heavy atom. The predicted octanol–water partition coefficient (Wildman–Crippen LogP) is 3.24. The first-order valence-corrected chi connectivity index (χ1v) is 7.62. The van der Waals surface area contributed by atoms with Crippen LogP contribution in [-0.2, 0) is 9.47 Å². The third kappa shape index (κ3) is 12.3. The molecule has 0 heterocycles. The molecule has 0 amide bonds. The van der Waals surface area contributed by atoms with Gasteiger partial charge in [-0.25, -0.2) is 0 Å². The van der Waals surface area contributed by atoms with E-state index in [-0.39, 0.29) is 0 Å². The molecule has 1 unspecified atom stereocenters. The zero-order valence-electron chi connectivity index (χ0n) is 12.7. The maximum Gasteiger partial charge on any atom is 0.0587 e. The Labute approximate surface area is 114 Å². The first-order chi connectivity index (χ1) is 8.85. The molecule has 0 aromatic rings. The van der Waals surface area contributed by atoms with Crippen LogP contribution in [0.3, 0.4) is 0 Å². The fourth-order valence-corrected chi connectivity index (χ4v) is 1.90. The SMILES string of the molecule is CCCCC(CC)COCCCCNCCOC. The van der Waals surface area contributed by atoms with Crippen molar-refractivity contribution in [1.82, 2.24) is 5.32 Å². The van der Waals surface area contributed by atoms with Crippen LogP contribution in [0.5, 0.6) is 0 Å². The van der Waals surface area contributed by atoms with Crippen LogP contribution in [0.1, 0.15) is 52.4 Å². The topological polar surface area (TPSA) is 30.5 Å². The maximum atomic E-state index is 5.76. The lowest BCUT2D eigenvalue weighted by Crippen LogP contribution is -2.20. The van der Waals surface area contributed by atoms with Gasteiger partial charge in [0, 0.05) is 26.9 Å². The van der Waals surface area contributed by atoms with E-state index in [1.807, 2.05) is 0 Å². The molecule has 0 fully saturated rings. The molecule has 1 atom stereocenters. The van der Waals surface area contributed by atoms with E-state index in [1.54, 1.807) is 7.11 Å². The molecule has 0 saturated carbocycles. The van der Waals surface area contributed by atoms with Crippen molar-refractivity contribution < 1.29 is 9.47 Å². The van der Waals surface area contributed by atoms with Gasteiger partial charge in [-0.1, -0.05) is 33.1 Å². The highest BCUT2D eigenvalue weighted by Crippen LogP contribution is 2.12. The average molecular weight is 259 g/mol. The van der Waals surface area contributed by atoms with E-state index in [0.29, 0.717) is 0 Å². The molecule has 0 saturated heterocycles. The van der Waals surface area contributed by atoms with E-state index in [4.69, 9.17) is 9.47 Å². The monoisotopic (exact) mass is 259 g/mol. The summed E-state index contributed by atoms with van der Waals surface area (Å²) in [5.41, 5.74) is 0. The summed E-state index contributed by atoms with van der Waals surface area (Å²) >= 11 is 0. The van der Waals surface area contributed by atoms with Crippen LogP contribution in [-0.4, -0.2) is 40.0 Å². The summed E-state index contributed by atoms with van der Waals surface area (Å²) in [6.45, 7) is 9.20. The number of ether oxygens (including phenoxy) is 2. The van der Waals surface area contributed by atoms with Crippen molar-refractivity contribution in [2.45, 2.75) is 52.4 Å². The molecule has 0 aromatic heterocycles. The highest BCUT2D eigenvalue weighted by Gasteiger charge is 2.05. The quantitative estimate of drug-likeness (QED) is 0.486. The Balaban J connectivity index is 3.17. The Bertz CT molecular complexity index is 153. The minimum absolute atomic E-state index is 0.768. The van der Waals surface area contributed by atoms with Crippen LogP contribution < -0.4 is 5.32 Å². The number of nitrogens with one attached hydrogen (secondary N) is 1. The van der Waals surface area contributed by atoms with Crippen LogP contribution in [0.4, 0.5) is 0 Å².